The molecule has 2 aromatic carbocycles. The first-order chi connectivity index (χ1) is 19.9. The third-order valence-electron chi connectivity index (χ3n) is 6.87. The first kappa shape index (κ1) is 28.7. The van der Waals surface area contributed by atoms with E-state index in [0.29, 0.717) is 45.1 Å². The topological polar surface area (TPSA) is 96.8 Å². The van der Waals surface area contributed by atoms with E-state index in [2.05, 4.69) is 10.2 Å². The van der Waals surface area contributed by atoms with E-state index in [4.69, 9.17) is 9.84 Å². The largest absolute Gasteiger partial charge is 0.379 e. The average Bonchev–Trinajstić information content (AvgIpc) is 3.69. The fourth-order valence-electron chi connectivity index (χ4n) is 4.72. The Morgan fingerprint density at radius 3 is 2.51 bits per heavy atom. The molecule has 1 fully saturated rings. The predicted molar refractivity (Wildman–Crippen MR) is 164 cm³/mol. The highest BCUT2D eigenvalue weighted by Gasteiger charge is 2.27. The lowest BCUT2D eigenvalue weighted by atomic mass is 10.2. The first-order valence-electron chi connectivity index (χ1n) is 13.6. The number of ether oxygens (including phenoxy) is 1. The number of sulfonamides is 1. The lowest BCUT2D eigenvalue weighted by Crippen LogP contribution is -2.40. The van der Waals surface area contributed by atoms with Crippen molar-refractivity contribution in [3.8, 4) is 16.3 Å². The molecule has 9 nitrogen and oxygen atoms in total. The smallest absolute Gasteiger partial charge is 0.248 e. The average molecular weight is 592 g/mol. The Labute approximate surface area is 244 Å². The van der Waals surface area contributed by atoms with Crippen molar-refractivity contribution in [1.29, 1.82) is 0 Å². The molecule has 4 aromatic rings. The highest BCUT2D eigenvalue weighted by atomic mass is 32.2. The molecule has 214 valence electrons. The van der Waals surface area contributed by atoms with Gasteiger partial charge in [-0.2, -0.15) is 9.40 Å². The van der Waals surface area contributed by atoms with Crippen LogP contribution in [0.4, 0.5) is 11.4 Å². The summed E-state index contributed by atoms with van der Waals surface area (Å²) in [6, 6.07) is 18.7. The fourth-order valence-corrected chi connectivity index (χ4v) is 6.88. The normalized spacial score (nSPS) is 14.4. The third-order valence-corrected chi connectivity index (χ3v) is 9.64. The number of morpholine rings is 1. The summed E-state index contributed by atoms with van der Waals surface area (Å²) in [5.74, 6) is -0.371. The monoisotopic (exact) mass is 591 g/mol. The minimum atomic E-state index is -3.73. The van der Waals surface area contributed by atoms with Crippen LogP contribution in [-0.2, 0) is 19.6 Å². The van der Waals surface area contributed by atoms with Crippen LogP contribution in [0.15, 0.2) is 83.2 Å². The second-order valence-electron chi connectivity index (χ2n) is 9.38. The van der Waals surface area contributed by atoms with Gasteiger partial charge in [0.05, 0.1) is 40.0 Å². The molecule has 0 spiro atoms. The summed E-state index contributed by atoms with van der Waals surface area (Å²) in [7, 11) is -3.73. The van der Waals surface area contributed by atoms with Crippen LogP contribution < -0.4 is 10.2 Å². The molecular formula is C30H33N5O4S2. The number of para-hydroxylation sites is 1. The molecule has 0 bridgehead atoms. The van der Waals surface area contributed by atoms with E-state index in [1.54, 1.807) is 40.3 Å². The van der Waals surface area contributed by atoms with Crippen molar-refractivity contribution in [2.45, 2.75) is 18.7 Å². The maximum absolute atomic E-state index is 13.3. The molecule has 1 saturated heterocycles. The summed E-state index contributed by atoms with van der Waals surface area (Å²) in [6.07, 6.45) is 5.09. The van der Waals surface area contributed by atoms with Crippen LogP contribution in [0.2, 0.25) is 0 Å². The number of nitrogens with zero attached hydrogens (tertiary/aromatic N) is 4. The minimum Gasteiger partial charge on any atom is -0.379 e. The van der Waals surface area contributed by atoms with Gasteiger partial charge >= 0.3 is 0 Å². The molecule has 0 unspecified atom stereocenters. The number of benzene rings is 2. The van der Waals surface area contributed by atoms with E-state index in [0.717, 1.165) is 27.5 Å². The van der Waals surface area contributed by atoms with Gasteiger partial charge < -0.3 is 15.0 Å². The van der Waals surface area contributed by atoms with E-state index < -0.39 is 10.0 Å². The SMILES string of the molecule is CCN(CC)c1ccc(S(=O)(=O)N2CCOCC2)cc1NC(=O)/C=C/c1cn(-c2ccccc2)nc1-c1cccs1. The Bertz CT molecular complexity index is 1610. The van der Waals surface area contributed by atoms with Gasteiger partial charge in [-0.3, -0.25) is 4.79 Å². The zero-order valence-electron chi connectivity index (χ0n) is 23.1. The van der Waals surface area contributed by atoms with Gasteiger partial charge in [-0.05, 0) is 61.7 Å². The summed E-state index contributed by atoms with van der Waals surface area (Å²) in [4.78, 5) is 16.5. The van der Waals surface area contributed by atoms with Gasteiger partial charge in [0.2, 0.25) is 15.9 Å². The number of nitrogens with one attached hydrogen (secondary N) is 1. The maximum atomic E-state index is 13.3. The second-order valence-corrected chi connectivity index (χ2v) is 12.3. The number of hydrogen-bond donors (Lipinski definition) is 1. The number of anilines is 2. The van der Waals surface area contributed by atoms with Gasteiger partial charge in [0.15, 0.2) is 0 Å². The zero-order valence-corrected chi connectivity index (χ0v) is 24.7. The fraction of sp³-hybridized carbons (Fsp3) is 0.267. The molecule has 1 aliphatic rings. The van der Waals surface area contributed by atoms with E-state index in [1.807, 2.05) is 67.9 Å². The molecule has 1 aliphatic heterocycles. The highest BCUT2D eigenvalue weighted by molar-refractivity contribution is 7.89. The number of rotatable bonds is 10. The number of thiophene rings is 1. The van der Waals surface area contributed by atoms with Gasteiger partial charge in [0, 0.05) is 44.0 Å². The molecule has 0 saturated carbocycles. The Morgan fingerprint density at radius 2 is 1.83 bits per heavy atom. The molecule has 1 amide bonds. The lowest BCUT2D eigenvalue weighted by molar-refractivity contribution is -0.111. The van der Waals surface area contributed by atoms with Crippen LogP contribution in [0, 0.1) is 0 Å². The number of amides is 1. The maximum Gasteiger partial charge on any atom is 0.248 e. The van der Waals surface area contributed by atoms with Gasteiger partial charge in [-0.1, -0.05) is 24.3 Å². The quantitative estimate of drug-likeness (QED) is 0.257. The predicted octanol–water partition coefficient (Wildman–Crippen LogP) is 5.12. The van der Waals surface area contributed by atoms with Crippen molar-refractivity contribution in [2.24, 2.45) is 0 Å². The third kappa shape index (κ3) is 6.43. The number of hydrogen-bond acceptors (Lipinski definition) is 7. The lowest BCUT2D eigenvalue weighted by Gasteiger charge is -2.28. The highest BCUT2D eigenvalue weighted by Crippen LogP contribution is 2.31. The van der Waals surface area contributed by atoms with Gasteiger partial charge in [0.1, 0.15) is 5.69 Å². The summed E-state index contributed by atoms with van der Waals surface area (Å²) < 4.78 is 35.2. The van der Waals surface area contributed by atoms with Crippen molar-refractivity contribution in [3.63, 3.8) is 0 Å². The van der Waals surface area contributed by atoms with Crippen molar-refractivity contribution < 1.29 is 17.9 Å². The van der Waals surface area contributed by atoms with Crippen LogP contribution in [0.3, 0.4) is 0 Å². The molecule has 41 heavy (non-hydrogen) atoms. The van der Waals surface area contributed by atoms with E-state index in [1.165, 1.54) is 10.4 Å². The molecule has 2 aromatic heterocycles. The van der Waals surface area contributed by atoms with E-state index in [9.17, 15) is 13.2 Å². The van der Waals surface area contributed by atoms with Crippen LogP contribution in [0.1, 0.15) is 19.4 Å². The van der Waals surface area contributed by atoms with Crippen LogP contribution in [0.5, 0.6) is 0 Å². The Morgan fingerprint density at radius 1 is 1.07 bits per heavy atom. The van der Waals surface area contributed by atoms with Gasteiger partial charge in [0.25, 0.3) is 0 Å². The van der Waals surface area contributed by atoms with Crippen molar-refractivity contribution >= 4 is 44.7 Å². The molecule has 0 atom stereocenters. The molecule has 5 rings (SSSR count). The van der Waals surface area contributed by atoms with Crippen molar-refractivity contribution in [1.82, 2.24) is 14.1 Å². The van der Waals surface area contributed by atoms with Crippen LogP contribution >= 0.6 is 11.3 Å². The molecule has 11 heteroatoms. The Balaban J connectivity index is 1.45. The second kappa shape index (κ2) is 12.8. The number of carbonyl (C=O) groups excluding carboxylic acids is 1. The summed E-state index contributed by atoms with van der Waals surface area (Å²) >= 11 is 1.58. The molecule has 0 aliphatic carbocycles. The van der Waals surface area contributed by atoms with Crippen LogP contribution in [0.25, 0.3) is 22.3 Å². The standard InChI is InChI=1S/C30H33N5O4S2/c1-3-33(4-2)27-14-13-25(41(37,38)34-16-18-39-19-17-34)21-26(27)31-29(36)15-12-23-22-35(24-9-6-5-7-10-24)32-30(23)28-11-8-20-40-28/h5-15,20-22H,3-4,16-19H2,1-2H3,(H,31,36)/b15-12+. The molecule has 3 heterocycles. The van der Waals surface area contributed by atoms with E-state index >= 15 is 0 Å². The van der Waals surface area contributed by atoms with Gasteiger partial charge in [-0.25, -0.2) is 13.1 Å². The molecule has 0 radical (unpaired) electrons. The number of carbonyl (C=O) groups is 1. The first-order valence-corrected chi connectivity index (χ1v) is 15.9. The van der Waals surface area contributed by atoms with Crippen molar-refractivity contribution in [3.05, 3.63) is 83.9 Å². The van der Waals surface area contributed by atoms with E-state index in [-0.39, 0.29) is 10.8 Å². The minimum absolute atomic E-state index is 0.138. The van der Waals surface area contributed by atoms with Gasteiger partial charge in [-0.15, -0.1) is 11.3 Å². The number of aromatic nitrogens is 2. The molecular weight excluding hydrogens is 558 g/mol. The summed E-state index contributed by atoms with van der Waals surface area (Å²) in [5.41, 5.74) is 3.68. The summed E-state index contributed by atoms with van der Waals surface area (Å²) in [6.45, 7) is 6.76. The van der Waals surface area contributed by atoms with Crippen LogP contribution in [-0.4, -0.2) is 67.8 Å². The molecule has 1 N–H and O–H groups in total. The summed E-state index contributed by atoms with van der Waals surface area (Å²) in [5, 5.41) is 9.71. The zero-order chi connectivity index (χ0) is 28.8. The van der Waals surface area contributed by atoms with Crippen molar-refractivity contribution in [2.75, 3.05) is 49.6 Å². The Hall–Kier alpha value is -3.77. The Kier molecular flexibility index (Phi) is 8.99.